The predicted octanol–water partition coefficient (Wildman–Crippen LogP) is 2.82. The van der Waals surface area contributed by atoms with Crippen LogP contribution in [-0.2, 0) is 6.54 Å². The Morgan fingerprint density at radius 2 is 1.72 bits per heavy atom. The predicted molar refractivity (Wildman–Crippen MR) is 119 cm³/mol. The molecule has 3 aromatic rings. The van der Waals surface area contributed by atoms with Crippen molar-refractivity contribution in [2.24, 2.45) is 0 Å². The molecule has 0 N–H and O–H groups in total. The number of aromatic nitrogens is 3. The molecule has 0 spiro atoms. The van der Waals surface area contributed by atoms with Gasteiger partial charge in [-0.2, -0.15) is 9.78 Å². The van der Waals surface area contributed by atoms with Gasteiger partial charge in [-0.05, 0) is 62.4 Å². The van der Waals surface area contributed by atoms with Gasteiger partial charge in [-0.25, -0.2) is 9.18 Å². The molecule has 8 heteroatoms. The largest absolute Gasteiger partial charge is 0.352 e. The van der Waals surface area contributed by atoms with Crippen LogP contribution in [0.4, 0.5) is 4.39 Å². The first-order valence-electron chi connectivity index (χ1n) is 10.7. The summed E-state index contributed by atoms with van der Waals surface area (Å²) < 4.78 is 16.2. The second-order valence-electron chi connectivity index (χ2n) is 8.15. The fourth-order valence-corrected chi connectivity index (χ4v) is 3.86. The molecular formula is C24H25FN4O3. The van der Waals surface area contributed by atoms with Gasteiger partial charge in [0.1, 0.15) is 5.82 Å². The van der Waals surface area contributed by atoms with Crippen molar-refractivity contribution in [1.82, 2.24) is 19.2 Å². The molecule has 2 aromatic carbocycles. The molecule has 1 aromatic heterocycles. The quantitative estimate of drug-likeness (QED) is 0.630. The zero-order valence-electron chi connectivity index (χ0n) is 18.2. The van der Waals surface area contributed by atoms with E-state index in [0.717, 1.165) is 39.6 Å². The summed E-state index contributed by atoms with van der Waals surface area (Å²) in [5, 5.41) is 4.20. The molecule has 2 heterocycles. The molecular weight excluding hydrogens is 411 g/mol. The van der Waals surface area contributed by atoms with Crippen LogP contribution in [0, 0.1) is 19.7 Å². The summed E-state index contributed by atoms with van der Waals surface area (Å²) in [5.74, 6) is -1.04. The maximum Gasteiger partial charge on any atom is 0.352 e. The average molecular weight is 436 g/mol. The number of carbonyl (C=O) groups is 1. The van der Waals surface area contributed by atoms with E-state index in [1.54, 1.807) is 23.1 Å². The van der Waals surface area contributed by atoms with Gasteiger partial charge in [0.15, 0.2) is 0 Å². The molecule has 7 nitrogen and oxygen atoms in total. The minimum absolute atomic E-state index is 0.181. The summed E-state index contributed by atoms with van der Waals surface area (Å²) in [6.45, 7) is 4.63. The highest BCUT2D eigenvalue weighted by molar-refractivity contribution is 5.91. The van der Waals surface area contributed by atoms with Gasteiger partial charge in [-0.15, -0.1) is 0 Å². The van der Waals surface area contributed by atoms with Crippen molar-refractivity contribution in [3.05, 3.63) is 91.5 Å². The van der Waals surface area contributed by atoms with Gasteiger partial charge in [-0.3, -0.25) is 14.2 Å². The first-order valence-corrected chi connectivity index (χ1v) is 10.7. The number of hydrogen-bond acceptors (Lipinski definition) is 4. The Balaban J connectivity index is 1.90. The van der Waals surface area contributed by atoms with Crippen LogP contribution in [0.2, 0.25) is 0 Å². The van der Waals surface area contributed by atoms with Gasteiger partial charge >= 0.3 is 5.69 Å². The zero-order valence-corrected chi connectivity index (χ0v) is 18.2. The summed E-state index contributed by atoms with van der Waals surface area (Å²) >= 11 is 0. The monoisotopic (exact) mass is 436 g/mol. The number of hydrogen-bond donors (Lipinski definition) is 0. The molecule has 4 rings (SSSR count). The van der Waals surface area contributed by atoms with E-state index in [-0.39, 0.29) is 17.8 Å². The van der Waals surface area contributed by atoms with E-state index < -0.39 is 23.0 Å². The van der Waals surface area contributed by atoms with E-state index in [4.69, 9.17) is 0 Å². The summed E-state index contributed by atoms with van der Waals surface area (Å²) in [5.41, 5.74) is 0.721. The average Bonchev–Trinajstić information content (AvgIpc) is 2.80. The number of piperidine rings is 1. The van der Waals surface area contributed by atoms with Crippen LogP contribution < -0.4 is 11.2 Å². The van der Waals surface area contributed by atoms with Crippen molar-refractivity contribution in [3.63, 3.8) is 0 Å². The number of amides is 1. The van der Waals surface area contributed by atoms with Gasteiger partial charge < -0.3 is 4.90 Å². The lowest BCUT2D eigenvalue weighted by Gasteiger charge is -2.26. The lowest BCUT2D eigenvalue weighted by molar-refractivity contribution is 0.0712. The second kappa shape index (κ2) is 8.90. The standard InChI is InChI=1S/C24H25FN4O3/c1-16-10-11-19(14-17(16)2)29-24(32)28(15-18-8-4-5-9-20(18)25)23(31)21(26-29)22(30)27-12-6-3-7-13-27/h4-5,8-11,14H,3,6-7,12-13,15H2,1-2H3. The van der Waals surface area contributed by atoms with Crippen molar-refractivity contribution in [2.45, 2.75) is 39.7 Å². The molecule has 0 atom stereocenters. The summed E-state index contributed by atoms with van der Waals surface area (Å²) in [6, 6.07) is 11.3. The Morgan fingerprint density at radius 3 is 2.41 bits per heavy atom. The van der Waals surface area contributed by atoms with Crippen molar-refractivity contribution in [1.29, 1.82) is 0 Å². The normalized spacial score (nSPS) is 13.9. The second-order valence-corrected chi connectivity index (χ2v) is 8.15. The molecule has 1 fully saturated rings. The van der Waals surface area contributed by atoms with Crippen LogP contribution in [0.3, 0.4) is 0 Å². The van der Waals surface area contributed by atoms with Gasteiger partial charge in [0.05, 0.1) is 12.2 Å². The Bertz CT molecular complexity index is 1290. The topological polar surface area (TPSA) is 77.2 Å². The molecule has 1 saturated heterocycles. The van der Waals surface area contributed by atoms with E-state index in [2.05, 4.69) is 5.10 Å². The SMILES string of the molecule is Cc1ccc(-n2nc(C(=O)N3CCCCC3)c(=O)n(Cc3ccccc3F)c2=O)cc1C. The van der Waals surface area contributed by atoms with Crippen LogP contribution in [0.25, 0.3) is 5.69 Å². The van der Waals surface area contributed by atoms with E-state index in [1.165, 1.54) is 18.2 Å². The van der Waals surface area contributed by atoms with Crippen molar-refractivity contribution >= 4 is 5.91 Å². The molecule has 0 unspecified atom stereocenters. The summed E-state index contributed by atoms with van der Waals surface area (Å²) in [4.78, 5) is 41.2. The lowest BCUT2D eigenvalue weighted by Crippen LogP contribution is -2.47. The third-order valence-corrected chi connectivity index (χ3v) is 5.93. The van der Waals surface area contributed by atoms with Crippen LogP contribution >= 0.6 is 0 Å². The van der Waals surface area contributed by atoms with Crippen LogP contribution in [0.1, 0.15) is 46.4 Å². The van der Waals surface area contributed by atoms with E-state index >= 15 is 0 Å². The van der Waals surface area contributed by atoms with E-state index in [9.17, 15) is 18.8 Å². The number of aryl methyl sites for hydroxylation is 2. The van der Waals surface area contributed by atoms with Gasteiger partial charge in [0, 0.05) is 18.7 Å². The third kappa shape index (κ3) is 4.12. The van der Waals surface area contributed by atoms with Crippen molar-refractivity contribution < 1.29 is 9.18 Å². The Hall–Kier alpha value is -3.55. The Kier molecular flexibility index (Phi) is 6.03. The number of nitrogens with zero attached hydrogens (tertiary/aromatic N) is 4. The highest BCUT2D eigenvalue weighted by Crippen LogP contribution is 2.14. The van der Waals surface area contributed by atoms with Gasteiger partial charge in [-0.1, -0.05) is 24.3 Å². The van der Waals surface area contributed by atoms with Gasteiger partial charge in [0.25, 0.3) is 11.5 Å². The molecule has 0 radical (unpaired) electrons. The molecule has 0 aliphatic carbocycles. The van der Waals surface area contributed by atoms with Crippen LogP contribution in [0.5, 0.6) is 0 Å². The number of halogens is 1. The molecule has 1 amide bonds. The fourth-order valence-electron chi connectivity index (χ4n) is 3.86. The zero-order chi connectivity index (χ0) is 22.8. The van der Waals surface area contributed by atoms with Crippen LogP contribution in [0.15, 0.2) is 52.1 Å². The van der Waals surface area contributed by atoms with Gasteiger partial charge in [0.2, 0.25) is 5.69 Å². The first-order chi connectivity index (χ1) is 15.4. The number of rotatable bonds is 4. The Morgan fingerprint density at radius 1 is 1.00 bits per heavy atom. The fraction of sp³-hybridized carbons (Fsp3) is 0.333. The van der Waals surface area contributed by atoms with E-state index in [0.29, 0.717) is 18.8 Å². The highest BCUT2D eigenvalue weighted by Gasteiger charge is 2.26. The third-order valence-electron chi connectivity index (χ3n) is 5.93. The molecule has 0 saturated carbocycles. The molecule has 1 aliphatic heterocycles. The lowest BCUT2D eigenvalue weighted by atomic mass is 10.1. The van der Waals surface area contributed by atoms with E-state index in [1.807, 2.05) is 19.9 Å². The molecule has 166 valence electrons. The summed E-state index contributed by atoms with van der Waals surface area (Å²) in [7, 11) is 0. The molecule has 0 bridgehead atoms. The molecule has 1 aliphatic rings. The van der Waals surface area contributed by atoms with Crippen molar-refractivity contribution in [3.8, 4) is 5.69 Å². The highest BCUT2D eigenvalue weighted by atomic mass is 19.1. The first kappa shape index (κ1) is 21.7. The van der Waals surface area contributed by atoms with Crippen molar-refractivity contribution in [2.75, 3.05) is 13.1 Å². The smallest absolute Gasteiger partial charge is 0.337 e. The molecule has 32 heavy (non-hydrogen) atoms. The number of carbonyl (C=O) groups excluding carboxylic acids is 1. The number of benzene rings is 2. The minimum atomic E-state index is -0.811. The Labute approximate surface area is 184 Å². The minimum Gasteiger partial charge on any atom is -0.337 e. The summed E-state index contributed by atoms with van der Waals surface area (Å²) in [6.07, 6.45) is 2.73. The van der Waals surface area contributed by atoms with Crippen LogP contribution in [-0.4, -0.2) is 38.2 Å². The maximum atomic E-state index is 14.3. The maximum absolute atomic E-state index is 14.3. The number of likely N-dealkylation sites (tertiary alicyclic amines) is 1.